The monoisotopic (exact) mass is 717 g/mol. The molecule has 11 rings (SSSR count). The first-order chi connectivity index (χ1) is 27.2. The normalized spacial score (nSPS) is 11.6. The lowest BCUT2D eigenvalue weighted by atomic mass is 9.93. The Morgan fingerprint density at radius 2 is 0.891 bits per heavy atom. The highest BCUT2D eigenvalue weighted by Gasteiger charge is 2.20. The van der Waals surface area contributed by atoms with E-state index in [1.165, 1.54) is 41.9 Å². The lowest BCUT2D eigenvalue weighted by Gasteiger charge is -2.15. The van der Waals surface area contributed by atoms with Gasteiger partial charge in [0.05, 0.1) is 0 Å². The summed E-state index contributed by atoms with van der Waals surface area (Å²) in [5.41, 5.74) is 7.43. The van der Waals surface area contributed by atoms with E-state index in [1.807, 2.05) is 17.4 Å². The lowest BCUT2D eigenvalue weighted by molar-refractivity contribution is 1.08. The first kappa shape index (κ1) is 31.5. The van der Waals surface area contributed by atoms with Crippen LogP contribution in [0.5, 0.6) is 0 Å². The number of hydrogen-bond acceptors (Lipinski definition) is 4. The molecule has 0 saturated carbocycles. The second-order valence-corrected chi connectivity index (χ2v) is 15.0. The highest BCUT2D eigenvalue weighted by atomic mass is 32.1. The van der Waals surface area contributed by atoms with E-state index in [4.69, 9.17) is 15.0 Å². The lowest BCUT2D eigenvalue weighted by Crippen LogP contribution is -2.02. The number of rotatable bonds is 5. The van der Waals surface area contributed by atoms with Gasteiger partial charge in [0.2, 0.25) is 0 Å². The Bertz CT molecular complexity index is 3260. The van der Waals surface area contributed by atoms with Gasteiger partial charge in [-0.3, -0.25) is 0 Å². The summed E-state index contributed by atoms with van der Waals surface area (Å²) < 4.78 is 2.61. The molecule has 0 atom stereocenters. The molecule has 0 radical (unpaired) electrons. The number of fused-ring (bicyclic) bond motifs is 7. The zero-order chi connectivity index (χ0) is 36.3. The maximum absolute atomic E-state index is 5.36. The molecule has 0 aliphatic heterocycles. The summed E-state index contributed by atoms with van der Waals surface area (Å²) >= 11 is 1.84. The first-order valence-corrected chi connectivity index (χ1v) is 19.3. The molecule has 0 spiro atoms. The quantitative estimate of drug-likeness (QED) is 0.131. The van der Waals surface area contributed by atoms with Crippen LogP contribution in [-0.2, 0) is 0 Å². The Morgan fingerprint density at radius 3 is 1.75 bits per heavy atom. The highest BCUT2D eigenvalue weighted by Crippen LogP contribution is 2.41. The molecule has 256 valence electrons. The number of benzene rings is 9. The van der Waals surface area contributed by atoms with Gasteiger partial charge in [0.1, 0.15) is 0 Å². The smallest absolute Gasteiger partial charge is 0.165 e. The second-order valence-electron chi connectivity index (χ2n) is 14.0. The summed E-state index contributed by atoms with van der Waals surface area (Å²) in [6.45, 7) is 0. The zero-order valence-electron chi connectivity index (χ0n) is 29.6. The summed E-state index contributed by atoms with van der Waals surface area (Å²) in [5, 5.41) is 9.58. The van der Waals surface area contributed by atoms with Crippen LogP contribution in [0.4, 0.5) is 0 Å². The summed E-state index contributed by atoms with van der Waals surface area (Å²) in [5.74, 6) is 1.93. The van der Waals surface area contributed by atoms with Gasteiger partial charge in [-0.05, 0) is 72.8 Å². The van der Waals surface area contributed by atoms with Crippen molar-refractivity contribution in [1.82, 2.24) is 15.0 Å². The summed E-state index contributed by atoms with van der Waals surface area (Å²) in [6, 6.07) is 66.8. The summed E-state index contributed by atoms with van der Waals surface area (Å²) in [4.78, 5) is 15.9. The van der Waals surface area contributed by atoms with Crippen LogP contribution in [0.15, 0.2) is 188 Å². The van der Waals surface area contributed by atoms with Gasteiger partial charge >= 0.3 is 0 Å². The maximum Gasteiger partial charge on any atom is 0.165 e. The molecule has 4 heteroatoms. The van der Waals surface area contributed by atoms with Gasteiger partial charge in [-0.2, -0.15) is 0 Å². The van der Waals surface area contributed by atoms with Crippen molar-refractivity contribution in [3.63, 3.8) is 0 Å². The van der Waals surface area contributed by atoms with Crippen molar-refractivity contribution in [3.05, 3.63) is 188 Å². The standard InChI is InChI=1S/C51H31N3S/c1-2-12-33(13-3-1)38-16-8-9-20-44(38)50-52-49(35-24-22-32(23-25-35)36-27-28-42-41-19-10-11-21-46(41)55-47(42)31-36)53-51(54-50)48-40-18-7-5-15-37(40)30-45-39-17-6-4-14-34(39)26-29-43(45)48/h1-31H. The molecule has 2 heterocycles. The van der Waals surface area contributed by atoms with Gasteiger partial charge in [-0.25, -0.2) is 15.0 Å². The molecular weight excluding hydrogens is 687 g/mol. The van der Waals surface area contributed by atoms with E-state index in [0.717, 1.165) is 49.5 Å². The molecular formula is C51H31N3S. The van der Waals surface area contributed by atoms with Crippen LogP contribution in [-0.4, -0.2) is 15.0 Å². The van der Waals surface area contributed by atoms with E-state index in [-0.39, 0.29) is 0 Å². The molecule has 0 saturated heterocycles. The minimum absolute atomic E-state index is 0.635. The van der Waals surface area contributed by atoms with Crippen LogP contribution < -0.4 is 0 Å². The summed E-state index contributed by atoms with van der Waals surface area (Å²) in [7, 11) is 0. The van der Waals surface area contributed by atoms with Crippen molar-refractivity contribution in [3.8, 4) is 56.4 Å². The van der Waals surface area contributed by atoms with E-state index in [1.54, 1.807) is 0 Å². The zero-order valence-corrected chi connectivity index (χ0v) is 30.5. The third-order valence-electron chi connectivity index (χ3n) is 10.7. The van der Waals surface area contributed by atoms with Crippen LogP contribution in [0.3, 0.4) is 0 Å². The van der Waals surface area contributed by atoms with Gasteiger partial charge in [0.15, 0.2) is 17.5 Å². The number of hydrogen-bond donors (Lipinski definition) is 0. The van der Waals surface area contributed by atoms with E-state index in [2.05, 4.69) is 182 Å². The third-order valence-corrected chi connectivity index (χ3v) is 11.9. The molecule has 0 amide bonds. The Hall–Kier alpha value is -7.01. The van der Waals surface area contributed by atoms with Gasteiger partial charge in [0.25, 0.3) is 0 Å². The molecule has 0 aliphatic carbocycles. The number of aromatic nitrogens is 3. The molecule has 55 heavy (non-hydrogen) atoms. The average Bonchev–Trinajstić information content (AvgIpc) is 3.64. The van der Waals surface area contributed by atoms with Crippen molar-refractivity contribution >= 4 is 63.8 Å². The van der Waals surface area contributed by atoms with Gasteiger partial charge in [-0.15, -0.1) is 11.3 Å². The van der Waals surface area contributed by atoms with Crippen molar-refractivity contribution in [2.45, 2.75) is 0 Å². The molecule has 0 aliphatic rings. The van der Waals surface area contributed by atoms with Gasteiger partial charge in [0, 0.05) is 36.9 Å². The van der Waals surface area contributed by atoms with Gasteiger partial charge in [-0.1, -0.05) is 170 Å². The van der Waals surface area contributed by atoms with E-state index in [0.29, 0.717) is 17.5 Å². The Labute approximate surface area is 321 Å². The molecule has 0 bridgehead atoms. The molecule has 0 N–H and O–H groups in total. The predicted octanol–water partition coefficient (Wildman–Crippen LogP) is 14.0. The highest BCUT2D eigenvalue weighted by molar-refractivity contribution is 7.25. The van der Waals surface area contributed by atoms with Crippen molar-refractivity contribution in [1.29, 1.82) is 0 Å². The SMILES string of the molecule is c1ccc(-c2ccccc2-c2nc(-c3ccc(-c4ccc5c(c4)sc4ccccc45)cc3)nc(-c3c4ccccc4cc4c3ccc3ccccc34)n2)cc1. The van der Waals surface area contributed by atoms with Crippen molar-refractivity contribution in [2.75, 3.05) is 0 Å². The number of nitrogens with zero attached hydrogens (tertiary/aromatic N) is 3. The molecule has 3 nitrogen and oxygen atoms in total. The third kappa shape index (κ3) is 5.38. The van der Waals surface area contributed by atoms with Crippen LogP contribution in [0, 0.1) is 0 Å². The van der Waals surface area contributed by atoms with E-state index in [9.17, 15) is 0 Å². The van der Waals surface area contributed by atoms with Gasteiger partial charge < -0.3 is 0 Å². The minimum atomic E-state index is 0.635. The second kappa shape index (κ2) is 12.8. The molecule has 11 aromatic rings. The fraction of sp³-hybridized carbons (Fsp3) is 0. The predicted molar refractivity (Wildman–Crippen MR) is 232 cm³/mol. The molecule has 0 fully saturated rings. The first-order valence-electron chi connectivity index (χ1n) is 18.5. The largest absolute Gasteiger partial charge is 0.208 e. The van der Waals surface area contributed by atoms with Crippen molar-refractivity contribution in [2.24, 2.45) is 0 Å². The van der Waals surface area contributed by atoms with Crippen LogP contribution in [0.1, 0.15) is 0 Å². The topological polar surface area (TPSA) is 38.7 Å². The fourth-order valence-electron chi connectivity index (χ4n) is 8.06. The Morgan fingerprint density at radius 1 is 0.291 bits per heavy atom. The Balaban J connectivity index is 1.12. The molecule has 0 unspecified atom stereocenters. The van der Waals surface area contributed by atoms with Crippen molar-refractivity contribution < 1.29 is 0 Å². The van der Waals surface area contributed by atoms with E-state index < -0.39 is 0 Å². The average molecular weight is 718 g/mol. The number of thiophene rings is 1. The Kier molecular flexibility index (Phi) is 7.35. The fourth-order valence-corrected chi connectivity index (χ4v) is 9.21. The van der Waals surface area contributed by atoms with Crippen LogP contribution >= 0.6 is 11.3 Å². The van der Waals surface area contributed by atoms with Crippen LogP contribution in [0.25, 0.3) is 109 Å². The summed E-state index contributed by atoms with van der Waals surface area (Å²) in [6.07, 6.45) is 0. The molecule has 2 aromatic heterocycles. The maximum atomic E-state index is 5.36. The van der Waals surface area contributed by atoms with Crippen LogP contribution in [0.2, 0.25) is 0 Å². The minimum Gasteiger partial charge on any atom is -0.208 e. The van der Waals surface area contributed by atoms with E-state index >= 15 is 0 Å². The molecule has 9 aromatic carbocycles.